The van der Waals surface area contributed by atoms with Crippen molar-refractivity contribution in [2.45, 2.75) is 39.2 Å². The van der Waals surface area contributed by atoms with Crippen LogP contribution in [0.15, 0.2) is 6.07 Å². The van der Waals surface area contributed by atoms with E-state index in [1.54, 1.807) is 0 Å². The Balaban J connectivity index is 1.72. The highest BCUT2D eigenvalue weighted by Gasteiger charge is 2.14. The minimum atomic E-state index is 0.0898. The van der Waals surface area contributed by atoms with Crippen LogP contribution in [0.2, 0.25) is 0 Å². The number of hydrogen-bond acceptors (Lipinski definition) is 3. The number of nitrogens with one attached hydrogen (secondary N) is 2. The molecule has 1 aliphatic carbocycles. The molecule has 2 rings (SSSR count). The molecular formula is C13H20N2OS. The van der Waals surface area contributed by atoms with Gasteiger partial charge in [-0.25, -0.2) is 0 Å². The normalized spacial score (nSPS) is 13.7. The summed E-state index contributed by atoms with van der Waals surface area (Å²) in [6.45, 7) is 4.11. The fourth-order valence-corrected chi connectivity index (χ4v) is 3.31. The van der Waals surface area contributed by atoms with Gasteiger partial charge in [0.2, 0.25) is 5.91 Å². The Bertz CT molecular complexity index is 365. The van der Waals surface area contributed by atoms with Crippen LogP contribution in [0.4, 0.5) is 0 Å². The standard InChI is InChI=1S/C13H20N2OS/c1-2-6-14-9-13(16)15-8-11-7-10-4-3-5-12(10)17-11/h7,14H,2-6,8-9H2,1H3,(H,15,16). The molecule has 0 saturated carbocycles. The van der Waals surface area contributed by atoms with Crippen molar-refractivity contribution in [2.75, 3.05) is 13.1 Å². The van der Waals surface area contributed by atoms with Crippen LogP contribution in [-0.2, 0) is 24.2 Å². The van der Waals surface area contributed by atoms with Gasteiger partial charge < -0.3 is 10.6 Å². The summed E-state index contributed by atoms with van der Waals surface area (Å²) in [6, 6.07) is 2.26. The summed E-state index contributed by atoms with van der Waals surface area (Å²) < 4.78 is 0. The molecule has 1 aliphatic rings. The second-order valence-electron chi connectivity index (χ2n) is 4.47. The summed E-state index contributed by atoms with van der Waals surface area (Å²) >= 11 is 1.86. The molecule has 0 saturated heterocycles. The molecule has 0 aromatic carbocycles. The monoisotopic (exact) mass is 252 g/mol. The second-order valence-corrected chi connectivity index (χ2v) is 5.69. The zero-order chi connectivity index (χ0) is 12.1. The van der Waals surface area contributed by atoms with Crippen LogP contribution in [0.1, 0.15) is 35.1 Å². The van der Waals surface area contributed by atoms with E-state index < -0.39 is 0 Å². The number of aryl methyl sites for hydroxylation is 2. The van der Waals surface area contributed by atoms with Gasteiger partial charge in [-0.1, -0.05) is 6.92 Å². The summed E-state index contributed by atoms with van der Waals surface area (Å²) in [6.07, 6.45) is 4.81. The molecule has 0 fully saturated rings. The number of rotatable bonds is 6. The van der Waals surface area contributed by atoms with E-state index in [-0.39, 0.29) is 5.91 Å². The lowest BCUT2D eigenvalue weighted by Crippen LogP contribution is -2.33. The van der Waals surface area contributed by atoms with Gasteiger partial charge in [0.05, 0.1) is 13.1 Å². The third-order valence-corrected chi connectivity index (χ3v) is 4.21. The first-order valence-corrected chi connectivity index (χ1v) is 7.19. The van der Waals surface area contributed by atoms with Gasteiger partial charge in [-0.15, -0.1) is 11.3 Å². The van der Waals surface area contributed by atoms with Gasteiger partial charge in [-0.3, -0.25) is 4.79 Å². The maximum atomic E-state index is 11.5. The van der Waals surface area contributed by atoms with Gasteiger partial charge in [-0.05, 0) is 43.9 Å². The van der Waals surface area contributed by atoms with Crippen molar-refractivity contribution in [3.05, 3.63) is 21.4 Å². The van der Waals surface area contributed by atoms with Crippen molar-refractivity contribution in [3.63, 3.8) is 0 Å². The van der Waals surface area contributed by atoms with Crippen molar-refractivity contribution < 1.29 is 4.79 Å². The first-order valence-electron chi connectivity index (χ1n) is 6.37. The fourth-order valence-electron chi connectivity index (χ4n) is 2.10. The molecule has 1 aromatic rings. The lowest BCUT2D eigenvalue weighted by atomic mass is 10.2. The Kier molecular flexibility index (Phi) is 4.57. The van der Waals surface area contributed by atoms with Crippen LogP contribution in [0, 0.1) is 0 Å². The van der Waals surface area contributed by atoms with E-state index in [1.807, 2.05) is 11.3 Å². The molecule has 94 valence electrons. The zero-order valence-electron chi connectivity index (χ0n) is 10.3. The molecule has 0 unspecified atom stereocenters. The van der Waals surface area contributed by atoms with Gasteiger partial charge in [0.15, 0.2) is 0 Å². The summed E-state index contributed by atoms with van der Waals surface area (Å²) in [5, 5.41) is 6.06. The van der Waals surface area contributed by atoms with Crippen LogP contribution in [0.3, 0.4) is 0 Å². The van der Waals surface area contributed by atoms with Crippen LogP contribution in [0.5, 0.6) is 0 Å². The van der Waals surface area contributed by atoms with Crippen LogP contribution in [-0.4, -0.2) is 19.0 Å². The second kappa shape index (κ2) is 6.17. The Morgan fingerprint density at radius 3 is 3.12 bits per heavy atom. The van der Waals surface area contributed by atoms with Gasteiger partial charge in [0, 0.05) is 9.75 Å². The Morgan fingerprint density at radius 1 is 1.47 bits per heavy atom. The van der Waals surface area contributed by atoms with Crippen LogP contribution in [0.25, 0.3) is 0 Å². The molecule has 17 heavy (non-hydrogen) atoms. The summed E-state index contributed by atoms with van der Waals surface area (Å²) in [5.41, 5.74) is 1.50. The van der Waals surface area contributed by atoms with Gasteiger partial charge in [0.1, 0.15) is 0 Å². The van der Waals surface area contributed by atoms with E-state index in [0.717, 1.165) is 13.0 Å². The van der Waals surface area contributed by atoms with Gasteiger partial charge >= 0.3 is 0 Å². The van der Waals surface area contributed by atoms with E-state index in [4.69, 9.17) is 0 Å². The number of thiophene rings is 1. The summed E-state index contributed by atoms with van der Waals surface area (Å²) in [5.74, 6) is 0.0898. The van der Waals surface area contributed by atoms with Gasteiger partial charge in [-0.2, -0.15) is 0 Å². The minimum absolute atomic E-state index is 0.0898. The molecule has 1 aromatic heterocycles. The average molecular weight is 252 g/mol. The van der Waals surface area contributed by atoms with Crippen molar-refractivity contribution in [1.29, 1.82) is 0 Å². The topological polar surface area (TPSA) is 41.1 Å². The zero-order valence-corrected chi connectivity index (χ0v) is 11.2. The maximum absolute atomic E-state index is 11.5. The van der Waals surface area contributed by atoms with Crippen molar-refractivity contribution in [1.82, 2.24) is 10.6 Å². The number of amides is 1. The molecule has 0 radical (unpaired) electrons. The predicted molar refractivity (Wildman–Crippen MR) is 71.4 cm³/mol. The van der Waals surface area contributed by atoms with Crippen molar-refractivity contribution in [3.8, 4) is 0 Å². The molecule has 0 spiro atoms. The number of hydrogen-bond donors (Lipinski definition) is 2. The Labute approximate surface area is 107 Å². The number of carbonyl (C=O) groups is 1. The third-order valence-electron chi connectivity index (χ3n) is 2.97. The van der Waals surface area contributed by atoms with Crippen LogP contribution < -0.4 is 10.6 Å². The molecule has 3 nitrogen and oxygen atoms in total. The minimum Gasteiger partial charge on any atom is -0.350 e. The molecule has 1 amide bonds. The summed E-state index contributed by atoms with van der Waals surface area (Å²) in [7, 11) is 0. The molecule has 0 aliphatic heterocycles. The predicted octanol–water partition coefficient (Wildman–Crippen LogP) is 1.85. The molecule has 2 N–H and O–H groups in total. The Morgan fingerprint density at radius 2 is 2.35 bits per heavy atom. The Hall–Kier alpha value is -0.870. The quantitative estimate of drug-likeness (QED) is 0.759. The molecule has 4 heteroatoms. The smallest absolute Gasteiger partial charge is 0.234 e. The first-order chi connectivity index (χ1) is 8.29. The largest absolute Gasteiger partial charge is 0.350 e. The van der Waals surface area contributed by atoms with Crippen LogP contribution >= 0.6 is 11.3 Å². The molecule has 0 bridgehead atoms. The number of carbonyl (C=O) groups excluding carboxylic acids is 1. The van der Waals surface area contributed by atoms with Crippen molar-refractivity contribution in [2.24, 2.45) is 0 Å². The average Bonchev–Trinajstić information content (AvgIpc) is 2.86. The van der Waals surface area contributed by atoms with E-state index in [9.17, 15) is 4.79 Å². The molecule has 0 atom stereocenters. The lowest BCUT2D eigenvalue weighted by Gasteiger charge is -2.04. The van der Waals surface area contributed by atoms with E-state index in [1.165, 1.54) is 34.6 Å². The highest BCUT2D eigenvalue weighted by Crippen LogP contribution is 2.30. The van der Waals surface area contributed by atoms with E-state index in [2.05, 4.69) is 23.6 Å². The molecule has 1 heterocycles. The summed E-state index contributed by atoms with van der Waals surface area (Å²) in [4.78, 5) is 14.3. The highest BCUT2D eigenvalue weighted by molar-refractivity contribution is 7.12. The van der Waals surface area contributed by atoms with Gasteiger partial charge in [0.25, 0.3) is 0 Å². The fraction of sp³-hybridized carbons (Fsp3) is 0.615. The maximum Gasteiger partial charge on any atom is 0.234 e. The van der Waals surface area contributed by atoms with E-state index >= 15 is 0 Å². The SMILES string of the molecule is CCCNCC(=O)NCc1cc2c(s1)CCC2. The molecular weight excluding hydrogens is 232 g/mol. The van der Waals surface area contributed by atoms with Crippen molar-refractivity contribution >= 4 is 17.2 Å². The number of fused-ring (bicyclic) bond motifs is 1. The lowest BCUT2D eigenvalue weighted by molar-refractivity contribution is -0.120. The third kappa shape index (κ3) is 3.54. The van der Waals surface area contributed by atoms with E-state index in [0.29, 0.717) is 13.1 Å². The first kappa shape index (κ1) is 12.6. The highest BCUT2D eigenvalue weighted by atomic mass is 32.1.